The number of carbonyl (C=O) groups is 3. The topological polar surface area (TPSA) is 116 Å². The van der Waals surface area contributed by atoms with Crippen LogP contribution in [0.15, 0.2) is 48.5 Å². The van der Waals surface area contributed by atoms with Gasteiger partial charge in [0.1, 0.15) is 12.6 Å². The van der Waals surface area contributed by atoms with Crippen LogP contribution >= 0.6 is 0 Å². The van der Waals surface area contributed by atoms with Crippen LogP contribution in [0.5, 0.6) is 0 Å². The fourth-order valence-corrected chi connectivity index (χ4v) is 4.33. The molecule has 0 spiro atoms. The molecule has 3 rings (SSSR count). The minimum Gasteiger partial charge on any atom is -0.481 e. The number of unbranched alkanes of at least 4 members (excludes halogenated alkanes) is 1. The Morgan fingerprint density at radius 3 is 2.21 bits per heavy atom. The largest absolute Gasteiger partial charge is 0.481 e. The summed E-state index contributed by atoms with van der Waals surface area (Å²) < 4.78 is 5.53. The van der Waals surface area contributed by atoms with Crippen molar-refractivity contribution in [3.8, 4) is 11.1 Å². The van der Waals surface area contributed by atoms with Gasteiger partial charge in [0, 0.05) is 25.4 Å². The van der Waals surface area contributed by atoms with E-state index < -0.39 is 24.0 Å². The van der Waals surface area contributed by atoms with E-state index in [0.717, 1.165) is 35.1 Å². The van der Waals surface area contributed by atoms with E-state index in [9.17, 15) is 19.5 Å². The fraction of sp³-hybridized carbons (Fsp3) is 0.423. The van der Waals surface area contributed by atoms with Crippen molar-refractivity contribution in [3.05, 3.63) is 59.7 Å². The van der Waals surface area contributed by atoms with Crippen molar-refractivity contribution >= 4 is 18.0 Å². The highest BCUT2D eigenvalue weighted by Crippen LogP contribution is 2.44. The third-order valence-corrected chi connectivity index (χ3v) is 6.04. The van der Waals surface area contributed by atoms with Gasteiger partial charge in [-0.25, -0.2) is 4.79 Å². The van der Waals surface area contributed by atoms with Gasteiger partial charge in [-0.3, -0.25) is 9.59 Å². The summed E-state index contributed by atoms with van der Waals surface area (Å²) >= 11 is 0. The van der Waals surface area contributed by atoms with Gasteiger partial charge in [-0.1, -0.05) is 61.9 Å². The molecule has 0 saturated heterocycles. The smallest absolute Gasteiger partial charge is 0.407 e. The lowest BCUT2D eigenvalue weighted by molar-refractivity contribution is -0.138. The summed E-state index contributed by atoms with van der Waals surface area (Å²) in [4.78, 5) is 38.3. The lowest BCUT2D eigenvalue weighted by atomic mass is 9.98. The zero-order valence-corrected chi connectivity index (χ0v) is 19.4. The molecular weight excluding hydrogens is 436 g/mol. The molecular formula is C26H32N2O6. The van der Waals surface area contributed by atoms with Crippen LogP contribution in [0, 0.1) is 0 Å². The number of alkyl carbamates (subject to hydrolysis) is 1. The zero-order chi connectivity index (χ0) is 24.5. The third-order valence-electron chi connectivity index (χ3n) is 6.04. The number of carboxylic acid groups (broad SMARTS) is 1. The number of benzene rings is 2. The molecule has 1 unspecified atom stereocenters. The van der Waals surface area contributed by atoms with E-state index in [-0.39, 0.29) is 38.5 Å². The Kier molecular flexibility index (Phi) is 9.04. The molecule has 0 fully saturated rings. The van der Waals surface area contributed by atoms with Gasteiger partial charge < -0.3 is 25.2 Å². The van der Waals surface area contributed by atoms with E-state index in [4.69, 9.17) is 9.84 Å². The third kappa shape index (κ3) is 6.14. The highest BCUT2D eigenvalue weighted by molar-refractivity contribution is 5.86. The number of nitrogens with zero attached hydrogens (tertiary/aromatic N) is 1. The zero-order valence-electron chi connectivity index (χ0n) is 19.4. The second-order valence-electron chi connectivity index (χ2n) is 8.36. The fourth-order valence-electron chi connectivity index (χ4n) is 4.33. The number of amides is 2. The molecule has 3 N–H and O–H groups in total. The summed E-state index contributed by atoms with van der Waals surface area (Å²) in [6.45, 7) is 2.40. The highest BCUT2D eigenvalue weighted by Gasteiger charge is 2.30. The van der Waals surface area contributed by atoms with Crippen LogP contribution in [-0.4, -0.2) is 65.4 Å². The van der Waals surface area contributed by atoms with Crippen molar-refractivity contribution in [2.45, 2.75) is 44.6 Å². The van der Waals surface area contributed by atoms with Crippen LogP contribution in [0.4, 0.5) is 4.79 Å². The number of ether oxygens (including phenoxy) is 1. The van der Waals surface area contributed by atoms with Crippen LogP contribution in [-0.2, 0) is 14.3 Å². The van der Waals surface area contributed by atoms with E-state index >= 15 is 0 Å². The maximum Gasteiger partial charge on any atom is 0.407 e. The van der Waals surface area contributed by atoms with Crippen molar-refractivity contribution in [1.82, 2.24) is 10.2 Å². The highest BCUT2D eigenvalue weighted by atomic mass is 16.5. The Morgan fingerprint density at radius 2 is 1.65 bits per heavy atom. The van der Waals surface area contributed by atoms with Crippen LogP contribution in [0.3, 0.4) is 0 Å². The van der Waals surface area contributed by atoms with E-state index in [0.29, 0.717) is 6.54 Å². The van der Waals surface area contributed by atoms with E-state index in [2.05, 4.69) is 5.32 Å². The van der Waals surface area contributed by atoms with Gasteiger partial charge in [0.05, 0.1) is 6.61 Å². The van der Waals surface area contributed by atoms with E-state index in [1.807, 2.05) is 55.5 Å². The standard InChI is InChI=1S/C26H32N2O6/c1-2-3-14-28(15-16-29)25(32)23(12-13-24(30)31)27-26(33)34-17-22-20-10-6-4-8-18(20)19-9-5-7-11-21(19)22/h4-11,22-23,29H,2-3,12-17H2,1H3,(H,27,33)(H,30,31). The maximum absolute atomic E-state index is 13.0. The molecule has 34 heavy (non-hydrogen) atoms. The molecule has 182 valence electrons. The maximum atomic E-state index is 13.0. The molecule has 2 aromatic rings. The summed E-state index contributed by atoms with van der Waals surface area (Å²) in [7, 11) is 0. The first kappa shape index (κ1) is 25.2. The second kappa shape index (κ2) is 12.2. The van der Waals surface area contributed by atoms with Gasteiger partial charge in [-0.15, -0.1) is 0 Å². The number of carbonyl (C=O) groups excluding carboxylic acids is 2. The first-order chi connectivity index (χ1) is 16.5. The minimum atomic E-state index is -1.06. The lowest BCUT2D eigenvalue weighted by Gasteiger charge is -2.27. The monoisotopic (exact) mass is 468 g/mol. The number of fused-ring (bicyclic) bond motifs is 3. The van der Waals surface area contributed by atoms with Gasteiger partial charge >= 0.3 is 12.1 Å². The normalized spacial score (nSPS) is 13.0. The number of hydrogen-bond donors (Lipinski definition) is 3. The molecule has 1 atom stereocenters. The summed E-state index contributed by atoms with van der Waals surface area (Å²) in [6, 6.07) is 14.9. The molecule has 0 aliphatic heterocycles. The SMILES string of the molecule is CCCCN(CCO)C(=O)C(CCC(=O)O)NC(=O)OCC1c2ccccc2-c2ccccc21. The Morgan fingerprint density at radius 1 is 1.03 bits per heavy atom. The second-order valence-corrected chi connectivity index (χ2v) is 8.36. The van der Waals surface area contributed by atoms with Crippen molar-refractivity contribution in [2.24, 2.45) is 0 Å². The molecule has 8 heteroatoms. The van der Waals surface area contributed by atoms with Gasteiger partial charge in [-0.05, 0) is 35.1 Å². The molecule has 0 radical (unpaired) electrons. The van der Waals surface area contributed by atoms with Crippen molar-refractivity contribution < 1.29 is 29.3 Å². The number of nitrogens with one attached hydrogen (secondary N) is 1. The van der Waals surface area contributed by atoms with Crippen LogP contribution < -0.4 is 5.32 Å². The lowest BCUT2D eigenvalue weighted by Crippen LogP contribution is -2.50. The van der Waals surface area contributed by atoms with Gasteiger partial charge in [-0.2, -0.15) is 0 Å². The van der Waals surface area contributed by atoms with E-state index in [1.165, 1.54) is 4.90 Å². The molecule has 8 nitrogen and oxygen atoms in total. The summed E-state index contributed by atoms with van der Waals surface area (Å²) in [5.74, 6) is -1.60. The Bertz CT molecular complexity index is 963. The molecule has 0 aromatic heterocycles. The number of aliphatic hydroxyl groups is 1. The van der Waals surface area contributed by atoms with Gasteiger partial charge in [0.25, 0.3) is 0 Å². The first-order valence-electron chi connectivity index (χ1n) is 11.7. The van der Waals surface area contributed by atoms with Gasteiger partial charge in [0.2, 0.25) is 5.91 Å². The molecule has 2 amide bonds. The van der Waals surface area contributed by atoms with Crippen molar-refractivity contribution in [3.63, 3.8) is 0 Å². The summed E-state index contributed by atoms with van der Waals surface area (Å²) in [5.41, 5.74) is 4.36. The Labute approximate surface area is 199 Å². The number of rotatable bonds is 12. The predicted molar refractivity (Wildman–Crippen MR) is 127 cm³/mol. The number of aliphatic carboxylic acids is 1. The first-order valence-corrected chi connectivity index (χ1v) is 11.7. The minimum absolute atomic E-state index is 0.0631. The molecule has 1 aliphatic carbocycles. The number of aliphatic hydroxyl groups excluding tert-OH is 1. The molecule has 0 heterocycles. The number of carboxylic acids is 1. The van der Waals surface area contributed by atoms with Crippen LogP contribution in [0.25, 0.3) is 11.1 Å². The molecule has 0 bridgehead atoms. The van der Waals surface area contributed by atoms with Crippen molar-refractivity contribution in [1.29, 1.82) is 0 Å². The summed E-state index contributed by atoms with van der Waals surface area (Å²) in [6.07, 6.45) is 0.481. The van der Waals surface area contributed by atoms with Crippen LogP contribution in [0.2, 0.25) is 0 Å². The van der Waals surface area contributed by atoms with Crippen molar-refractivity contribution in [2.75, 3.05) is 26.3 Å². The molecule has 2 aromatic carbocycles. The summed E-state index contributed by atoms with van der Waals surface area (Å²) in [5, 5.41) is 21.0. The predicted octanol–water partition coefficient (Wildman–Crippen LogP) is 3.38. The van der Waals surface area contributed by atoms with Gasteiger partial charge in [0.15, 0.2) is 0 Å². The van der Waals surface area contributed by atoms with E-state index in [1.54, 1.807) is 0 Å². The molecule has 0 saturated carbocycles. The average Bonchev–Trinajstić information content (AvgIpc) is 3.16. The Hall–Kier alpha value is -3.39. The average molecular weight is 469 g/mol. The Balaban J connectivity index is 1.68. The number of hydrogen-bond acceptors (Lipinski definition) is 5. The quantitative estimate of drug-likeness (QED) is 0.440. The molecule has 1 aliphatic rings. The van der Waals surface area contributed by atoms with Crippen LogP contribution in [0.1, 0.15) is 49.7 Å².